The predicted molar refractivity (Wildman–Crippen MR) is 77.3 cm³/mol. The van der Waals surface area contributed by atoms with Gasteiger partial charge in [-0.2, -0.15) is 0 Å². The fourth-order valence-electron chi connectivity index (χ4n) is 2.07. The number of hydrogen-bond acceptors (Lipinski definition) is 4. The highest BCUT2D eigenvalue weighted by Gasteiger charge is 2.18. The van der Waals surface area contributed by atoms with Crippen LogP contribution in [0.3, 0.4) is 0 Å². The predicted octanol–water partition coefficient (Wildman–Crippen LogP) is 2.36. The number of aromatic carboxylic acids is 1. The molecule has 100 valence electrons. The second-order valence-corrected chi connectivity index (χ2v) is 5.16. The van der Waals surface area contributed by atoms with Crippen LogP contribution in [0.4, 0.5) is 0 Å². The van der Waals surface area contributed by atoms with Crippen LogP contribution in [0, 0.1) is 0 Å². The summed E-state index contributed by atoms with van der Waals surface area (Å²) < 4.78 is 1.39. The van der Waals surface area contributed by atoms with Crippen molar-refractivity contribution in [3.8, 4) is 11.4 Å². The highest BCUT2D eigenvalue weighted by atomic mass is 32.1. The van der Waals surface area contributed by atoms with E-state index in [2.05, 4.69) is 4.98 Å². The van der Waals surface area contributed by atoms with Gasteiger partial charge >= 0.3 is 5.97 Å². The lowest BCUT2D eigenvalue weighted by molar-refractivity contribution is 0.0699. The second-order valence-electron chi connectivity index (χ2n) is 4.30. The van der Waals surface area contributed by atoms with Crippen molar-refractivity contribution in [1.82, 2.24) is 9.55 Å². The molecule has 1 N–H and O–H groups in total. The van der Waals surface area contributed by atoms with Crippen molar-refractivity contribution in [2.24, 2.45) is 7.05 Å². The Morgan fingerprint density at radius 3 is 2.65 bits per heavy atom. The summed E-state index contributed by atoms with van der Waals surface area (Å²) in [5.74, 6) is -0.579. The van der Waals surface area contributed by atoms with Gasteiger partial charge in [0.25, 0.3) is 5.56 Å². The zero-order valence-corrected chi connectivity index (χ0v) is 11.3. The van der Waals surface area contributed by atoms with Gasteiger partial charge < -0.3 is 5.11 Å². The van der Waals surface area contributed by atoms with Crippen LogP contribution >= 0.6 is 11.3 Å². The van der Waals surface area contributed by atoms with Crippen LogP contribution in [-0.2, 0) is 7.05 Å². The molecule has 0 bridgehead atoms. The average molecular weight is 286 g/mol. The third-order valence-electron chi connectivity index (χ3n) is 3.08. The third-order valence-corrected chi connectivity index (χ3v) is 3.95. The molecule has 3 aromatic rings. The minimum absolute atomic E-state index is 0.0118. The summed E-state index contributed by atoms with van der Waals surface area (Å²) in [6.45, 7) is 0. The van der Waals surface area contributed by atoms with Crippen molar-refractivity contribution >= 4 is 27.5 Å². The molecular formula is C14H10N2O3S. The van der Waals surface area contributed by atoms with Crippen molar-refractivity contribution in [1.29, 1.82) is 0 Å². The Labute approximate surface area is 117 Å². The molecule has 0 atom stereocenters. The van der Waals surface area contributed by atoms with E-state index in [9.17, 15) is 9.59 Å². The fraction of sp³-hybridized carbons (Fsp3) is 0.0714. The van der Waals surface area contributed by atoms with Crippen molar-refractivity contribution in [3.63, 3.8) is 0 Å². The topological polar surface area (TPSA) is 72.2 Å². The number of carboxylic acids is 1. The van der Waals surface area contributed by atoms with Gasteiger partial charge in [-0.05, 0) is 0 Å². The van der Waals surface area contributed by atoms with E-state index in [4.69, 9.17) is 5.11 Å². The summed E-state index contributed by atoms with van der Waals surface area (Å²) in [6.07, 6.45) is 0. The molecule has 20 heavy (non-hydrogen) atoms. The maximum absolute atomic E-state index is 12.4. The van der Waals surface area contributed by atoms with Crippen LogP contribution in [0.25, 0.3) is 21.6 Å². The standard InChI is InChI=1S/C14H10N2O3S/c1-16-11(8-5-3-2-4-6-8)15-12-10(13(16)17)9(7-20-12)14(18)19/h2-7H,1H3,(H,18,19). The molecule has 0 spiro atoms. The number of benzene rings is 1. The maximum atomic E-state index is 12.4. The van der Waals surface area contributed by atoms with Gasteiger partial charge in [-0.15, -0.1) is 11.3 Å². The summed E-state index contributed by atoms with van der Waals surface area (Å²) in [7, 11) is 1.60. The number of carboxylic acid groups (broad SMARTS) is 1. The van der Waals surface area contributed by atoms with Crippen molar-refractivity contribution in [3.05, 3.63) is 51.6 Å². The van der Waals surface area contributed by atoms with E-state index in [-0.39, 0.29) is 16.5 Å². The number of carbonyl (C=O) groups is 1. The molecule has 3 rings (SSSR count). The fourth-order valence-corrected chi connectivity index (χ4v) is 2.98. The Kier molecular flexibility index (Phi) is 2.87. The first-order valence-electron chi connectivity index (χ1n) is 5.86. The Morgan fingerprint density at radius 1 is 1.30 bits per heavy atom. The highest BCUT2D eigenvalue weighted by Crippen LogP contribution is 2.24. The summed E-state index contributed by atoms with van der Waals surface area (Å²) in [6, 6.07) is 9.33. The molecule has 0 saturated heterocycles. The second kappa shape index (κ2) is 4.57. The van der Waals surface area contributed by atoms with Gasteiger partial charge in [0.1, 0.15) is 10.7 Å². The molecule has 5 nitrogen and oxygen atoms in total. The molecular weight excluding hydrogens is 276 g/mol. The van der Waals surface area contributed by atoms with Crippen LogP contribution in [0.1, 0.15) is 10.4 Å². The quantitative estimate of drug-likeness (QED) is 0.785. The van der Waals surface area contributed by atoms with E-state index < -0.39 is 5.97 Å². The van der Waals surface area contributed by atoms with E-state index in [1.807, 2.05) is 30.3 Å². The minimum atomic E-state index is -1.11. The number of hydrogen-bond donors (Lipinski definition) is 1. The van der Waals surface area contributed by atoms with Gasteiger partial charge in [0.2, 0.25) is 0 Å². The number of fused-ring (bicyclic) bond motifs is 1. The molecule has 0 aliphatic carbocycles. The lowest BCUT2D eigenvalue weighted by Gasteiger charge is -2.07. The Morgan fingerprint density at radius 2 is 2.00 bits per heavy atom. The monoisotopic (exact) mass is 286 g/mol. The molecule has 2 aromatic heterocycles. The van der Waals surface area contributed by atoms with Crippen molar-refractivity contribution in [2.45, 2.75) is 0 Å². The Hall–Kier alpha value is -2.47. The molecule has 0 aliphatic rings. The smallest absolute Gasteiger partial charge is 0.337 e. The normalized spacial score (nSPS) is 10.8. The van der Waals surface area contributed by atoms with Gasteiger partial charge in [0.05, 0.1) is 10.9 Å². The highest BCUT2D eigenvalue weighted by molar-refractivity contribution is 7.17. The number of aromatic nitrogens is 2. The van der Waals surface area contributed by atoms with Gasteiger partial charge in [-0.3, -0.25) is 9.36 Å². The lowest BCUT2D eigenvalue weighted by atomic mass is 10.2. The van der Waals surface area contributed by atoms with Gasteiger partial charge in [-0.1, -0.05) is 30.3 Å². The van der Waals surface area contributed by atoms with Crippen molar-refractivity contribution < 1.29 is 9.90 Å². The number of thiophene rings is 1. The zero-order chi connectivity index (χ0) is 14.3. The van der Waals surface area contributed by atoms with E-state index in [1.165, 1.54) is 21.3 Å². The van der Waals surface area contributed by atoms with Gasteiger partial charge in [0.15, 0.2) is 0 Å². The molecule has 0 radical (unpaired) electrons. The number of nitrogens with zero attached hydrogens (tertiary/aromatic N) is 2. The first-order chi connectivity index (χ1) is 9.59. The van der Waals surface area contributed by atoms with Crippen LogP contribution in [0.2, 0.25) is 0 Å². The first kappa shape index (κ1) is 12.6. The molecule has 2 heterocycles. The third kappa shape index (κ3) is 1.81. The van der Waals surface area contributed by atoms with Crippen molar-refractivity contribution in [2.75, 3.05) is 0 Å². The summed E-state index contributed by atoms with van der Waals surface area (Å²) in [5.41, 5.74) is 0.490. The summed E-state index contributed by atoms with van der Waals surface area (Å²) in [4.78, 5) is 28.4. The minimum Gasteiger partial charge on any atom is -0.478 e. The SMILES string of the molecule is Cn1c(-c2ccccc2)nc2scc(C(=O)O)c2c1=O. The summed E-state index contributed by atoms with van der Waals surface area (Å²) in [5, 5.41) is 10.7. The van der Waals surface area contributed by atoms with E-state index in [1.54, 1.807) is 7.05 Å². The molecule has 0 amide bonds. The maximum Gasteiger partial charge on any atom is 0.337 e. The Balaban J connectivity index is 2.37. The van der Waals surface area contributed by atoms with E-state index >= 15 is 0 Å². The first-order valence-corrected chi connectivity index (χ1v) is 6.74. The molecule has 0 saturated carbocycles. The molecule has 0 aliphatic heterocycles. The molecule has 6 heteroatoms. The largest absolute Gasteiger partial charge is 0.478 e. The van der Waals surface area contributed by atoms with E-state index in [0.29, 0.717) is 10.7 Å². The Bertz CT molecular complexity index is 865. The molecule has 1 aromatic carbocycles. The van der Waals surface area contributed by atoms with Gasteiger partial charge in [-0.25, -0.2) is 9.78 Å². The van der Waals surface area contributed by atoms with Crippen LogP contribution < -0.4 is 5.56 Å². The lowest BCUT2D eigenvalue weighted by Crippen LogP contribution is -2.21. The molecule has 0 unspecified atom stereocenters. The van der Waals surface area contributed by atoms with Crippen LogP contribution in [0.5, 0.6) is 0 Å². The average Bonchev–Trinajstić information content (AvgIpc) is 2.88. The molecule has 0 fully saturated rings. The van der Waals surface area contributed by atoms with E-state index in [0.717, 1.165) is 5.56 Å². The van der Waals surface area contributed by atoms with Crippen LogP contribution in [-0.4, -0.2) is 20.6 Å². The van der Waals surface area contributed by atoms with Gasteiger partial charge in [0, 0.05) is 18.0 Å². The number of rotatable bonds is 2. The van der Waals surface area contributed by atoms with Crippen LogP contribution in [0.15, 0.2) is 40.5 Å². The summed E-state index contributed by atoms with van der Waals surface area (Å²) >= 11 is 1.17. The zero-order valence-electron chi connectivity index (χ0n) is 10.5.